The molecule has 0 saturated heterocycles. The molecular weight excluding hydrogens is 296 g/mol. The number of fused-ring (bicyclic) bond motifs is 1. The Morgan fingerprint density at radius 3 is 2.38 bits per heavy atom. The molecule has 0 saturated carbocycles. The Labute approximate surface area is 140 Å². The monoisotopic (exact) mass is 312 g/mol. The number of para-hydroxylation sites is 2. The molecule has 0 amide bonds. The Morgan fingerprint density at radius 1 is 0.667 bits per heavy atom. The molecule has 0 bridgehead atoms. The van der Waals surface area contributed by atoms with Gasteiger partial charge >= 0.3 is 0 Å². The fourth-order valence-corrected chi connectivity index (χ4v) is 2.57. The minimum atomic E-state index is 0.792. The predicted octanol–water partition coefficient (Wildman–Crippen LogP) is 5.77. The normalized spacial score (nSPS) is 10.5. The summed E-state index contributed by atoms with van der Waals surface area (Å²) < 4.78 is 5.87. The van der Waals surface area contributed by atoms with Gasteiger partial charge in [-0.2, -0.15) is 0 Å². The van der Waals surface area contributed by atoms with Crippen LogP contribution in [0.15, 0.2) is 91.1 Å². The van der Waals surface area contributed by atoms with Crippen LogP contribution in [0.2, 0.25) is 0 Å². The van der Waals surface area contributed by atoms with E-state index < -0.39 is 0 Å². The summed E-state index contributed by atoms with van der Waals surface area (Å²) in [5, 5.41) is 4.49. The van der Waals surface area contributed by atoms with Crippen LogP contribution in [0.3, 0.4) is 0 Å². The van der Waals surface area contributed by atoms with Crippen LogP contribution < -0.4 is 10.1 Å². The molecule has 3 nitrogen and oxygen atoms in total. The van der Waals surface area contributed by atoms with Crippen LogP contribution in [0.5, 0.6) is 11.5 Å². The van der Waals surface area contributed by atoms with Crippen LogP contribution in [-0.4, -0.2) is 4.98 Å². The molecule has 0 atom stereocenters. The Balaban J connectivity index is 1.56. The smallest absolute Gasteiger partial charge is 0.129 e. The topological polar surface area (TPSA) is 34.1 Å². The van der Waals surface area contributed by atoms with Crippen molar-refractivity contribution in [3.63, 3.8) is 0 Å². The summed E-state index contributed by atoms with van der Waals surface area (Å²) in [6.45, 7) is 0. The van der Waals surface area contributed by atoms with E-state index in [-0.39, 0.29) is 0 Å². The van der Waals surface area contributed by atoms with Gasteiger partial charge < -0.3 is 10.1 Å². The average Bonchev–Trinajstić information content (AvgIpc) is 2.63. The molecule has 0 aliphatic carbocycles. The first kappa shape index (κ1) is 14.3. The Hall–Kier alpha value is -3.33. The van der Waals surface area contributed by atoms with Crippen LogP contribution >= 0.6 is 0 Å². The first-order valence-corrected chi connectivity index (χ1v) is 7.82. The standard InChI is InChI=1S/C21H16N2O/c1-2-9-19(10-3-1)24-20-11-6-8-17(14-20)23-18-13-16-7-4-5-12-21(16)22-15-18/h1-15,23H. The second-order valence-electron chi connectivity index (χ2n) is 5.48. The summed E-state index contributed by atoms with van der Waals surface area (Å²) in [7, 11) is 0. The molecule has 0 spiro atoms. The van der Waals surface area contributed by atoms with E-state index in [9.17, 15) is 0 Å². The van der Waals surface area contributed by atoms with Crippen LogP contribution in [-0.2, 0) is 0 Å². The van der Waals surface area contributed by atoms with E-state index in [1.165, 1.54) is 0 Å². The number of pyridine rings is 1. The number of anilines is 2. The maximum atomic E-state index is 5.87. The van der Waals surface area contributed by atoms with E-state index in [2.05, 4.69) is 22.4 Å². The summed E-state index contributed by atoms with van der Waals surface area (Å²) in [6, 6.07) is 27.8. The number of nitrogens with one attached hydrogen (secondary N) is 1. The molecule has 1 N–H and O–H groups in total. The van der Waals surface area contributed by atoms with Crippen molar-refractivity contribution in [2.24, 2.45) is 0 Å². The summed E-state index contributed by atoms with van der Waals surface area (Å²) in [4.78, 5) is 4.47. The van der Waals surface area contributed by atoms with Crippen LogP contribution in [0.25, 0.3) is 10.9 Å². The molecule has 1 heterocycles. The molecule has 0 aliphatic rings. The molecule has 0 unspecified atom stereocenters. The van der Waals surface area contributed by atoms with Crippen LogP contribution in [0.4, 0.5) is 11.4 Å². The number of nitrogens with zero attached hydrogens (tertiary/aromatic N) is 1. The van der Waals surface area contributed by atoms with Gasteiger partial charge in [0.25, 0.3) is 0 Å². The number of hydrogen-bond donors (Lipinski definition) is 1. The molecule has 3 aromatic carbocycles. The zero-order valence-electron chi connectivity index (χ0n) is 13.0. The maximum absolute atomic E-state index is 5.87. The van der Waals surface area contributed by atoms with Crippen molar-refractivity contribution in [1.29, 1.82) is 0 Å². The molecule has 4 rings (SSSR count). The molecule has 0 radical (unpaired) electrons. The SMILES string of the molecule is c1ccc(Oc2cccc(Nc3cnc4ccccc4c3)c2)cc1. The maximum Gasteiger partial charge on any atom is 0.129 e. The van der Waals surface area contributed by atoms with Gasteiger partial charge in [-0.3, -0.25) is 4.98 Å². The molecule has 4 aromatic rings. The lowest BCUT2D eigenvalue weighted by atomic mass is 10.2. The number of benzene rings is 3. The lowest BCUT2D eigenvalue weighted by Gasteiger charge is -2.10. The lowest BCUT2D eigenvalue weighted by molar-refractivity contribution is 0.483. The van der Waals surface area contributed by atoms with E-state index >= 15 is 0 Å². The van der Waals surface area contributed by atoms with Gasteiger partial charge in [-0.05, 0) is 36.4 Å². The number of aromatic nitrogens is 1. The van der Waals surface area contributed by atoms with Crippen molar-refractivity contribution in [2.75, 3.05) is 5.32 Å². The van der Waals surface area contributed by atoms with E-state index in [1.54, 1.807) is 0 Å². The first-order chi connectivity index (χ1) is 11.9. The van der Waals surface area contributed by atoms with Crippen molar-refractivity contribution >= 4 is 22.3 Å². The van der Waals surface area contributed by atoms with Crippen LogP contribution in [0.1, 0.15) is 0 Å². The number of ether oxygens (including phenoxy) is 1. The van der Waals surface area contributed by atoms with Crippen molar-refractivity contribution in [1.82, 2.24) is 4.98 Å². The third kappa shape index (κ3) is 3.20. The van der Waals surface area contributed by atoms with E-state index in [0.717, 1.165) is 33.8 Å². The highest BCUT2D eigenvalue weighted by Crippen LogP contribution is 2.26. The number of hydrogen-bond acceptors (Lipinski definition) is 3. The van der Waals surface area contributed by atoms with Crippen molar-refractivity contribution in [3.8, 4) is 11.5 Å². The molecule has 24 heavy (non-hydrogen) atoms. The molecule has 0 fully saturated rings. The highest BCUT2D eigenvalue weighted by Gasteiger charge is 2.01. The predicted molar refractivity (Wildman–Crippen MR) is 98.0 cm³/mol. The fraction of sp³-hybridized carbons (Fsp3) is 0. The molecule has 1 aromatic heterocycles. The van der Waals surface area contributed by atoms with Crippen LogP contribution in [0, 0.1) is 0 Å². The van der Waals surface area contributed by atoms with Gasteiger partial charge in [0.1, 0.15) is 11.5 Å². The lowest BCUT2D eigenvalue weighted by Crippen LogP contribution is -1.92. The number of rotatable bonds is 4. The van der Waals surface area contributed by atoms with Gasteiger partial charge in [-0.15, -0.1) is 0 Å². The summed E-state index contributed by atoms with van der Waals surface area (Å²) in [5.41, 5.74) is 2.90. The van der Waals surface area contributed by atoms with Gasteiger partial charge in [0.2, 0.25) is 0 Å². The third-order valence-corrected chi connectivity index (χ3v) is 3.69. The largest absolute Gasteiger partial charge is 0.457 e. The molecule has 0 aliphatic heterocycles. The highest BCUT2D eigenvalue weighted by atomic mass is 16.5. The zero-order valence-corrected chi connectivity index (χ0v) is 13.0. The zero-order chi connectivity index (χ0) is 16.2. The van der Waals surface area contributed by atoms with E-state index in [0.29, 0.717) is 0 Å². The average molecular weight is 312 g/mol. The van der Waals surface area contributed by atoms with Crippen molar-refractivity contribution < 1.29 is 4.74 Å². The van der Waals surface area contributed by atoms with Crippen molar-refractivity contribution in [3.05, 3.63) is 91.1 Å². The Morgan fingerprint density at radius 2 is 1.46 bits per heavy atom. The van der Waals surface area contributed by atoms with Gasteiger partial charge in [-0.25, -0.2) is 0 Å². The quantitative estimate of drug-likeness (QED) is 0.519. The second kappa shape index (κ2) is 6.42. The Kier molecular flexibility index (Phi) is 3.82. The van der Waals surface area contributed by atoms with Gasteiger partial charge in [0, 0.05) is 17.1 Å². The molecule has 116 valence electrons. The van der Waals surface area contributed by atoms with E-state index in [4.69, 9.17) is 4.74 Å². The summed E-state index contributed by atoms with van der Waals surface area (Å²) in [6.07, 6.45) is 1.84. The second-order valence-corrected chi connectivity index (χ2v) is 5.48. The van der Waals surface area contributed by atoms with Crippen molar-refractivity contribution in [2.45, 2.75) is 0 Å². The fourth-order valence-electron chi connectivity index (χ4n) is 2.57. The minimum Gasteiger partial charge on any atom is -0.457 e. The molecule has 3 heteroatoms. The highest BCUT2D eigenvalue weighted by molar-refractivity contribution is 5.82. The Bertz CT molecular complexity index is 967. The van der Waals surface area contributed by atoms with Gasteiger partial charge in [0.15, 0.2) is 0 Å². The first-order valence-electron chi connectivity index (χ1n) is 7.82. The third-order valence-electron chi connectivity index (χ3n) is 3.69. The van der Waals surface area contributed by atoms with Gasteiger partial charge in [-0.1, -0.05) is 42.5 Å². The summed E-state index contributed by atoms with van der Waals surface area (Å²) >= 11 is 0. The van der Waals surface area contributed by atoms with E-state index in [1.807, 2.05) is 79.0 Å². The minimum absolute atomic E-state index is 0.792. The van der Waals surface area contributed by atoms with Gasteiger partial charge in [0.05, 0.1) is 17.4 Å². The molecular formula is C21H16N2O. The summed E-state index contributed by atoms with van der Waals surface area (Å²) in [5.74, 6) is 1.61.